The van der Waals surface area contributed by atoms with E-state index >= 15 is 0 Å². The van der Waals surface area contributed by atoms with Gasteiger partial charge in [-0.25, -0.2) is 0 Å². The number of benzene rings is 1. The molecule has 0 aliphatic carbocycles. The van der Waals surface area contributed by atoms with Crippen LogP contribution in [-0.4, -0.2) is 34.4 Å². The normalized spacial score (nSPS) is 11.6. The molecule has 0 amide bonds. The van der Waals surface area contributed by atoms with Gasteiger partial charge in [0.05, 0.1) is 21.3 Å². The maximum atomic E-state index is 5.83. The Hall–Kier alpha value is -1.90. The quantitative estimate of drug-likeness (QED) is 0.554. The molecule has 20 heavy (non-hydrogen) atoms. The lowest BCUT2D eigenvalue weighted by Gasteiger charge is -2.22. The highest BCUT2D eigenvalue weighted by atomic mass is 16.5. The second kappa shape index (κ2) is 8.31. The fraction of sp³-hybridized carbons (Fsp3) is 0.467. The molecule has 0 heterocycles. The topological polar surface area (TPSA) is 65.7 Å². The molecule has 0 spiro atoms. The second-order valence-electron chi connectivity index (χ2n) is 4.12. The Morgan fingerprint density at radius 1 is 1.20 bits per heavy atom. The zero-order valence-electron chi connectivity index (χ0n) is 12.2. The van der Waals surface area contributed by atoms with Crippen LogP contribution in [0, 0.1) is 12.3 Å². The molecular weight excluding hydrogens is 256 g/mol. The number of nitrogens with two attached hydrogens (primary N) is 1. The van der Waals surface area contributed by atoms with Crippen LogP contribution in [0.1, 0.15) is 18.0 Å². The number of methoxy groups -OCH3 is 3. The van der Waals surface area contributed by atoms with Gasteiger partial charge in [-0.2, -0.15) is 0 Å². The fourth-order valence-electron chi connectivity index (χ4n) is 2.04. The molecule has 0 aliphatic rings. The largest absolute Gasteiger partial charge is 0.493 e. The monoisotopic (exact) mass is 278 g/mol. The van der Waals surface area contributed by atoms with Gasteiger partial charge in [0, 0.05) is 31.1 Å². The molecule has 0 fully saturated rings. The van der Waals surface area contributed by atoms with Gasteiger partial charge >= 0.3 is 0 Å². The Balaban J connectivity index is 3.12. The molecular formula is C15H22N2O3. The van der Waals surface area contributed by atoms with Gasteiger partial charge in [-0.1, -0.05) is 0 Å². The summed E-state index contributed by atoms with van der Waals surface area (Å²) < 4.78 is 16.1. The summed E-state index contributed by atoms with van der Waals surface area (Å²) in [6.07, 6.45) is 5.90. The molecule has 1 rings (SSSR count). The van der Waals surface area contributed by atoms with Gasteiger partial charge < -0.3 is 25.3 Å². The van der Waals surface area contributed by atoms with E-state index in [0.29, 0.717) is 36.8 Å². The van der Waals surface area contributed by atoms with E-state index in [1.807, 2.05) is 12.1 Å². The number of ether oxygens (including phenoxy) is 3. The van der Waals surface area contributed by atoms with Gasteiger partial charge in [-0.3, -0.25) is 0 Å². The molecule has 0 saturated heterocycles. The molecule has 5 heteroatoms. The van der Waals surface area contributed by atoms with Crippen molar-refractivity contribution in [3.63, 3.8) is 0 Å². The highest BCUT2D eigenvalue weighted by molar-refractivity contribution is 5.56. The Morgan fingerprint density at radius 2 is 1.90 bits per heavy atom. The number of terminal acetylenes is 1. The van der Waals surface area contributed by atoms with Crippen molar-refractivity contribution in [3.05, 3.63) is 17.7 Å². The van der Waals surface area contributed by atoms with Crippen LogP contribution in [0.3, 0.4) is 0 Å². The highest BCUT2D eigenvalue weighted by Gasteiger charge is 2.21. The smallest absolute Gasteiger partial charge is 0.203 e. The van der Waals surface area contributed by atoms with Crippen LogP contribution in [-0.2, 0) is 0 Å². The summed E-state index contributed by atoms with van der Waals surface area (Å²) in [7, 11) is 4.76. The van der Waals surface area contributed by atoms with E-state index in [1.54, 1.807) is 21.3 Å². The highest BCUT2D eigenvalue weighted by Crippen LogP contribution is 2.41. The van der Waals surface area contributed by atoms with Gasteiger partial charge in [0.25, 0.3) is 0 Å². The molecule has 1 aromatic rings. The molecule has 0 aliphatic heterocycles. The molecule has 1 atom stereocenters. The SMILES string of the molecule is C#CCCNC(CN)c1ccc(OC)c(OC)c1OC. The summed E-state index contributed by atoms with van der Waals surface area (Å²) in [5.74, 6) is 4.39. The lowest BCUT2D eigenvalue weighted by Crippen LogP contribution is -2.29. The first-order valence-corrected chi connectivity index (χ1v) is 6.39. The Labute approximate surface area is 120 Å². The minimum absolute atomic E-state index is 0.0573. The van der Waals surface area contributed by atoms with E-state index in [1.165, 1.54) is 0 Å². The fourth-order valence-corrected chi connectivity index (χ4v) is 2.04. The minimum Gasteiger partial charge on any atom is -0.493 e. The van der Waals surface area contributed by atoms with Crippen molar-refractivity contribution in [2.45, 2.75) is 12.5 Å². The minimum atomic E-state index is -0.0573. The lowest BCUT2D eigenvalue weighted by molar-refractivity contribution is 0.319. The van der Waals surface area contributed by atoms with Crippen LogP contribution in [0.2, 0.25) is 0 Å². The zero-order chi connectivity index (χ0) is 15.0. The summed E-state index contributed by atoms with van der Waals surface area (Å²) in [6.45, 7) is 1.12. The maximum Gasteiger partial charge on any atom is 0.203 e. The molecule has 110 valence electrons. The Morgan fingerprint density at radius 3 is 2.40 bits per heavy atom. The van der Waals surface area contributed by atoms with E-state index in [9.17, 15) is 0 Å². The standard InChI is InChI=1S/C15H22N2O3/c1-5-6-9-17-12(10-16)11-7-8-13(18-2)15(20-4)14(11)19-3/h1,7-8,12,17H,6,9-10,16H2,2-4H3. The molecule has 0 bridgehead atoms. The first-order chi connectivity index (χ1) is 9.73. The predicted molar refractivity (Wildman–Crippen MR) is 79.3 cm³/mol. The third kappa shape index (κ3) is 3.56. The molecule has 5 nitrogen and oxygen atoms in total. The molecule has 0 saturated carbocycles. The summed E-state index contributed by atoms with van der Waals surface area (Å²) in [6, 6.07) is 3.70. The van der Waals surface area contributed by atoms with E-state index in [2.05, 4.69) is 11.2 Å². The number of rotatable bonds is 8. The van der Waals surface area contributed by atoms with Crippen molar-refractivity contribution < 1.29 is 14.2 Å². The zero-order valence-corrected chi connectivity index (χ0v) is 12.2. The van der Waals surface area contributed by atoms with Crippen molar-refractivity contribution in [2.24, 2.45) is 5.73 Å². The van der Waals surface area contributed by atoms with Gasteiger partial charge in [0.2, 0.25) is 5.75 Å². The molecule has 1 aromatic carbocycles. The molecule has 0 aromatic heterocycles. The average Bonchev–Trinajstić information content (AvgIpc) is 2.50. The summed E-state index contributed by atoms with van der Waals surface area (Å²) in [5, 5.41) is 3.31. The molecule has 1 unspecified atom stereocenters. The number of hydrogen-bond acceptors (Lipinski definition) is 5. The second-order valence-corrected chi connectivity index (χ2v) is 4.12. The van der Waals surface area contributed by atoms with E-state index in [-0.39, 0.29) is 6.04 Å². The maximum absolute atomic E-state index is 5.83. The van der Waals surface area contributed by atoms with Gasteiger partial charge in [-0.05, 0) is 12.1 Å². The Kier molecular flexibility index (Phi) is 6.71. The van der Waals surface area contributed by atoms with Crippen LogP contribution >= 0.6 is 0 Å². The third-order valence-corrected chi connectivity index (χ3v) is 3.01. The first-order valence-electron chi connectivity index (χ1n) is 6.39. The van der Waals surface area contributed by atoms with Crippen molar-refractivity contribution in [3.8, 4) is 29.6 Å². The van der Waals surface area contributed by atoms with Crippen LogP contribution < -0.4 is 25.3 Å². The first kappa shape index (κ1) is 16.2. The van der Waals surface area contributed by atoms with E-state index in [4.69, 9.17) is 26.4 Å². The summed E-state index contributed by atoms with van der Waals surface area (Å²) in [4.78, 5) is 0. The van der Waals surface area contributed by atoms with Crippen LogP contribution in [0.15, 0.2) is 12.1 Å². The van der Waals surface area contributed by atoms with Crippen molar-refractivity contribution in [1.29, 1.82) is 0 Å². The van der Waals surface area contributed by atoms with Crippen LogP contribution in [0.5, 0.6) is 17.2 Å². The predicted octanol–water partition coefficient (Wildman–Crippen LogP) is 1.33. The number of nitrogens with one attached hydrogen (secondary N) is 1. The Bertz CT molecular complexity index is 469. The third-order valence-electron chi connectivity index (χ3n) is 3.01. The van der Waals surface area contributed by atoms with Gasteiger partial charge in [-0.15, -0.1) is 12.3 Å². The molecule has 0 radical (unpaired) electrons. The number of hydrogen-bond donors (Lipinski definition) is 2. The van der Waals surface area contributed by atoms with Crippen molar-refractivity contribution in [1.82, 2.24) is 5.32 Å². The summed E-state index contributed by atoms with van der Waals surface area (Å²) >= 11 is 0. The lowest BCUT2D eigenvalue weighted by atomic mass is 10.0. The van der Waals surface area contributed by atoms with E-state index in [0.717, 1.165) is 5.56 Å². The van der Waals surface area contributed by atoms with E-state index < -0.39 is 0 Å². The average molecular weight is 278 g/mol. The molecule has 3 N–H and O–H groups in total. The summed E-state index contributed by atoms with van der Waals surface area (Å²) in [5.41, 5.74) is 6.75. The van der Waals surface area contributed by atoms with Crippen LogP contribution in [0.4, 0.5) is 0 Å². The van der Waals surface area contributed by atoms with Crippen LogP contribution in [0.25, 0.3) is 0 Å². The van der Waals surface area contributed by atoms with Gasteiger partial charge in [0.15, 0.2) is 11.5 Å². The van der Waals surface area contributed by atoms with Gasteiger partial charge in [0.1, 0.15) is 0 Å². The van der Waals surface area contributed by atoms with Crippen molar-refractivity contribution >= 4 is 0 Å². The van der Waals surface area contributed by atoms with Crippen molar-refractivity contribution in [2.75, 3.05) is 34.4 Å².